The van der Waals surface area contributed by atoms with Gasteiger partial charge in [0, 0.05) is 23.9 Å². The van der Waals surface area contributed by atoms with Crippen LogP contribution in [0.4, 0.5) is 0 Å². The van der Waals surface area contributed by atoms with E-state index in [1.54, 1.807) is 26.5 Å². The molecule has 0 atom stereocenters. The normalized spacial score (nSPS) is 17.7. The van der Waals surface area contributed by atoms with Gasteiger partial charge in [0.1, 0.15) is 11.5 Å². The summed E-state index contributed by atoms with van der Waals surface area (Å²) in [7, 11) is 3.25. The molecule has 5 nitrogen and oxygen atoms in total. The molecule has 0 aliphatic heterocycles. The fourth-order valence-corrected chi connectivity index (χ4v) is 2.67. The lowest BCUT2D eigenvalue weighted by molar-refractivity contribution is -0.115. The minimum atomic E-state index is -0.193. The summed E-state index contributed by atoms with van der Waals surface area (Å²) < 4.78 is 10.8. The zero-order valence-corrected chi connectivity index (χ0v) is 14.2. The Balaban J connectivity index is 2.05. The first kappa shape index (κ1) is 17.7. The first-order chi connectivity index (χ1) is 11.7. The van der Waals surface area contributed by atoms with Gasteiger partial charge in [0.25, 0.3) is 0 Å². The van der Waals surface area contributed by atoms with E-state index in [0.717, 1.165) is 54.2 Å². The molecular weight excluding hydrogens is 304 g/mol. The van der Waals surface area contributed by atoms with Gasteiger partial charge >= 0.3 is 0 Å². The van der Waals surface area contributed by atoms with Gasteiger partial charge in [0.05, 0.1) is 19.8 Å². The molecule has 0 saturated carbocycles. The first-order valence-electron chi connectivity index (χ1n) is 7.96. The van der Waals surface area contributed by atoms with Crippen molar-refractivity contribution in [1.29, 1.82) is 0 Å². The van der Waals surface area contributed by atoms with Gasteiger partial charge in [0.2, 0.25) is 5.91 Å². The van der Waals surface area contributed by atoms with Crippen LogP contribution in [0.15, 0.2) is 71.6 Å². The summed E-state index contributed by atoms with van der Waals surface area (Å²) in [6.45, 7) is 3.65. The second-order valence-corrected chi connectivity index (χ2v) is 5.39. The molecular formula is C19H24N2O3. The number of allylic oxidation sites excluding steroid dienone is 6. The Kier molecular flexibility index (Phi) is 6.49. The van der Waals surface area contributed by atoms with Gasteiger partial charge in [-0.05, 0) is 43.7 Å². The minimum absolute atomic E-state index is 0.193. The van der Waals surface area contributed by atoms with Crippen LogP contribution in [-0.4, -0.2) is 20.1 Å². The summed E-state index contributed by atoms with van der Waals surface area (Å²) in [6.07, 6.45) is 14.2. The smallest absolute Gasteiger partial charge is 0.248 e. The van der Waals surface area contributed by atoms with Crippen molar-refractivity contribution >= 4 is 5.91 Å². The molecule has 0 saturated heterocycles. The number of amides is 1. The van der Waals surface area contributed by atoms with E-state index in [-0.39, 0.29) is 5.91 Å². The van der Waals surface area contributed by atoms with Gasteiger partial charge in [-0.2, -0.15) is 0 Å². The van der Waals surface area contributed by atoms with Crippen LogP contribution in [0.25, 0.3) is 0 Å². The molecule has 0 radical (unpaired) electrons. The fourth-order valence-electron chi connectivity index (χ4n) is 2.67. The highest BCUT2D eigenvalue weighted by Gasteiger charge is 2.15. The second-order valence-electron chi connectivity index (χ2n) is 5.39. The van der Waals surface area contributed by atoms with Crippen molar-refractivity contribution in [3.8, 4) is 0 Å². The van der Waals surface area contributed by atoms with Crippen molar-refractivity contribution in [2.75, 3.05) is 14.2 Å². The third-order valence-electron chi connectivity index (χ3n) is 3.80. The summed E-state index contributed by atoms with van der Waals surface area (Å²) in [5, 5.41) is 5.94. The quantitative estimate of drug-likeness (QED) is 0.705. The van der Waals surface area contributed by atoms with Gasteiger partial charge < -0.3 is 20.1 Å². The Morgan fingerprint density at radius 1 is 1.21 bits per heavy atom. The summed E-state index contributed by atoms with van der Waals surface area (Å²) in [6, 6.07) is 0. The molecule has 0 heterocycles. The van der Waals surface area contributed by atoms with Gasteiger partial charge in [-0.15, -0.1) is 0 Å². The Bertz CT molecular complexity index is 652. The van der Waals surface area contributed by atoms with E-state index in [1.807, 2.05) is 18.2 Å². The zero-order chi connectivity index (χ0) is 17.4. The highest BCUT2D eigenvalue weighted by molar-refractivity contribution is 5.89. The monoisotopic (exact) mass is 328 g/mol. The maximum absolute atomic E-state index is 12.2. The van der Waals surface area contributed by atoms with Gasteiger partial charge in [-0.25, -0.2) is 0 Å². The van der Waals surface area contributed by atoms with E-state index in [0.29, 0.717) is 0 Å². The molecule has 2 aliphatic carbocycles. The van der Waals surface area contributed by atoms with Crippen LogP contribution >= 0.6 is 0 Å². The van der Waals surface area contributed by atoms with Crippen LogP contribution < -0.4 is 10.6 Å². The standard InChI is InChI=1S/C19H24N2O3/c1-4-20-14-7-5-8-15(13-14)21-19(22)12-11-16-17(23-2)9-6-10-18(16)24-3/h4,8-9,11-13,20H,1,5-7,10H2,2-3H3,(H,21,22)/b12-11+. The number of methoxy groups -OCH3 is 2. The van der Waals surface area contributed by atoms with Crippen molar-refractivity contribution in [3.05, 3.63) is 71.6 Å². The molecule has 0 spiro atoms. The molecule has 0 fully saturated rings. The second kappa shape index (κ2) is 8.82. The molecule has 0 bridgehead atoms. The highest BCUT2D eigenvalue weighted by atomic mass is 16.5. The molecule has 0 unspecified atom stereocenters. The van der Waals surface area contributed by atoms with Crippen molar-refractivity contribution in [3.63, 3.8) is 0 Å². The van der Waals surface area contributed by atoms with Crippen molar-refractivity contribution in [1.82, 2.24) is 10.6 Å². The van der Waals surface area contributed by atoms with Gasteiger partial charge in [-0.1, -0.05) is 12.7 Å². The Morgan fingerprint density at radius 3 is 2.71 bits per heavy atom. The Hall–Kier alpha value is -2.69. The summed E-state index contributed by atoms with van der Waals surface area (Å²) in [5.74, 6) is 1.37. The molecule has 5 heteroatoms. The van der Waals surface area contributed by atoms with Crippen molar-refractivity contribution in [2.24, 2.45) is 0 Å². The van der Waals surface area contributed by atoms with Crippen LogP contribution in [0.2, 0.25) is 0 Å². The third kappa shape index (κ3) is 4.65. The number of carbonyl (C=O) groups is 1. The minimum Gasteiger partial charge on any atom is -0.500 e. The van der Waals surface area contributed by atoms with E-state index < -0.39 is 0 Å². The summed E-state index contributed by atoms with van der Waals surface area (Å²) in [4.78, 5) is 12.2. The Morgan fingerprint density at radius 2 is 2.00 bits per heavy atom. The number of nitrogens with one attached hydrogen (secondary N) is 2. The number of hydrogen-bond donors (Lipinski definition) is 2. The average molecular weight is 328 g/mol. The van der Waals surface area contributed by atoms with Gasteiger partial charge in [-0.3, -0.25) is 4.79 Å². The lowest BCUT2D eigenvalue weighted by Crippen LogP contribution is -2.22. The molecule has 0 aromatic rings. The predicted molar refractivity (Wildman–Crippen MR) is 94.4 cm³/mol. The molecule has 1 amide bonds. The van der Waals surface area contributed by atoms with E-state index >= 15 is 0 Å². The third-order valence-corrected chi connectivity index (χ3v) is 3.80. The lowest BCUT2D eigenvalue weighted by Gasteiger charge is -2.17. The molecule has 128 valence electrons. The number of carbonyl (C=O) groups excluding carboxylic acids is 1. The molecule has 2 aliphatic rings. The average Bonchev–Trinajstić information content (AvgIpc) is 2.60. The maximum Gasteiger partial charge on any atom is 0.248 e. The first-order valence-corrected chi connectivity index (χ1v) is 7.96. The molecule has 2 N–H and O–H groups in total. The topological polar surface area (TPSA) is 59.6 Å². The SMILES string of the molecule is C=CNC1=CC(NC(=O)/C=C/C2=C(OC)CCC=C2OC)=CCC1. The Labute approximate surface area is 143 Å². The molecule has 0 aromatic carbocycles. The van der Waals surface area contributed by atoms with Crippen LogP contribution in [-0.2, 0) is 14.3 Å². The lowest BCUT2D eigenvalue weighted by atomic mass is 10.0. The number of rotatable bonds is 7. The van der Waals surface area contributed by atoms with E-state index in [1.165, 1.54) is 6.08 Å². The summed E-state index contributed by atoms with van der Waals surface area (Å²) in [5.41, 5.74) is 2.63. The van der Waals surface area contributed by atoms with Crippen LogP contribution in [0.3, 0.4) is 0 Å². The summed E-state index contributed by atoms with van der Waals surface area (Å²) >= 11 is 0. The van der Waals surface area contributed by atoms with Crippen LogP contribution in [0, 0.1) is 0 Å². The highest BCUT2D eigenvalue weighted by Crippen LogP contribution is 2.27. The van der Waals surface area contributed by atoms with E-state index in [9.17, 15) is 4.79 Å². The van der Waals surface area contributed by atoms with E-state index in [2.05, 4.69) is 17.2 Å². The predicted octanol–water partition coefficient (Wildman–Crippen LogP) is 3.18. The number of hydrogen-bond acceptors (Lipinski definition) is 4. The maximum atomic E-state index is 12.2. The van der Waals surface area contributed by atoms with Gasteiger partial charge in [0.15, 0.2) is 0 Å². The molecule has 0 aromatic heterocycles. The number of ether oxygens (including phenoxy) is 2. The van der Waals surface area contributed by atoms with Crippen molar-refractivity contribution < 1.29 is 14.3 Å². The zero-order valence-electron chi connectivity index (χ0n) is 14.2. The van der Waals surface area contributed by atoms with E-state index in [4.69, 9.17) is 9.47 Å². The molecule has 2 rings (SSSR count). The van der Waals surface area contributed by atoms with Crippen LogP contribution in [0.1, 0.15) is 25.7 Å². The largest absolute Gasteiger partial charge is 0.500 e. The van der Waals surface area contributed by atoms with Crippen LogP contribution in [0.5, 0.6) is 0 Å². The molecule has 24 heavy (non-hydrogen) atoms. The fraction of sp³-hybridized carbons (Fsp3) is 0.316. The van der Waals surface area contributed by atoms with Crippen molar-refractivity contribution in [2.45, 2.75) is 25.7 Å².